The van der Waals surface area contributed by atoms with E-state index in [0.717, 1.165) is 12.5 Å². The molecule has 2 rings (SSSR count). The summed E-state index contributed by atoms with van der Waals surface area (Å²) < 4.78 is 5.38. The van der Waals surface area contributed by atoms with Gasteiger partial charge in [-0.05, 0) is 36.6 Å². The summed E-state index contributed by atoms with van der Waals surface area (Å²) in [4.78, 5) is 1.50. The lowest BCUT2D eigenvalue weighted by Gasteiger charge is -2.29. The van der Waals surface area contributed by atoms with Crippen molar-refractivity contribution in [3.05, 3.63) is 22.4 Å². The lowest BCUT2D eigenvalue weighted by atomic mass is 9.95. The third-order valence-corrected chi connectivity index (χ3v) is 5.10. The number of rotatable bonds is 8. The third-order valence-electron chi connectivity index (χ3n) is 4.14. The molecule has 0 radical (unpaired) electrons. The lowest BCUT2D eigenvalue weighted by molar-refractivity contribution is 0.149. The van der Waals surface area contributed by atoms with Gasteiger partial charge in [0.25, 0.3) is 0 Å². The molecule has 0 saturated heterocycles. The summed E-state index contributed by atoms with van der Waals surface area (Å²) in [5.74, 6) is 0.815. The number of ether oxygens (including phenoxy) is 1. The van der Waals surface area contributed by atoms with Gasteiger partial charge in [0.15, 0.2) is 0 Å². The predicted molar refractivity (Wildman–Crippen MR) is 82.7 cm³/mol. The van der Waals surface area contributed by atoms with Crippen molar-refractivity contribution in [3.8, 4) is 0 Å². The fourth-order valence-electron chi connectivity index (χ4n) is 3.23. The van der Waals surface area contributed by atoms with E-state index in [-0.39, 0.29) is 0 Å². The smallest absolute Gasteiger partial charge is 0.0616 e. The number of hydrogen-bond acceptors (Lipinski definition) is 3. The van der Waals surface area contributed by atoms with E-state index in [4.69, 9.17) is 4.74 Å². The minimum atomic E-state index is 0.489. The molecule has 0 spiro atoms. The van der Waals surface area contributed by atoms with Crippen molar-refractivity contribution in [2.24, 2.45) is 5.92 Å². The average molecular weight is 281 g/mol. The lowest BCUT2D eigenvalue weighted by Crippen LogP contribution is -2.38. The standard InChI is InChI=1S/C16H27NOS/c1-3-7-14(12-18-2)17-16(13-8-4-5-9-13)15-10-6-11-19-15/h6,10-11,13-14,16-17H,3-5,7-9,12H2,1-2H3. The van der Waals surface area contributed by atoms with Crippen LogP contribution >= 0.6 is 11.3 Å². The molecule has 0 amide bonds. The zero-order chi connectivity index (χ0) is 13.5. The van der Waals surface area contributed by atoms with Crippen molar-refractivity contribution in [2.45, 2.75) is 57.5 Å². The molecule has 108 valence electrons. The number of nitrogens with one attached hydrogen (secondary N) is 1. The van der Waals surface area contributed by atoms with Gasteiger partial charge in [-0.15, -0.1) is 11.3 Å². The Morgan fingerprint density at radius 2 is 2.21 bits per heavy atom. The minimum absolute atomic E-state index is 0.489. The molecule has 1 aromatic heterocycles. The summed E-state index contributed by atoms with van der Waals surface area (Å²) in [6, 6.07) is 5.49. The fourth-order valence-corrected chi connectivity index (χ4v) is 4.11. The third kappa shape index (κ3) is 4.30. The van der Waals surface area contributed by atoms with E-state index in [1.165, 1.54) is 43.4 Å². The number of thiophene rings is 1. The Kier molecular flexibility index (Phi) is 6.35. The van der Waals surface area contributed by atoms with Crippen LogP contribution in [-0.2, 0) is 4.74 Å². The van der Waals surface area contributed by atoms with Gasteiger partial charge in [0.1, 0.15) is 0 Å². The second-order valence-electron chi connectivity index (χ2n) is 5.65. The summed E-state index contributed by atoms with van der Waals surface area (Å²) in [5.41, 5.74) is 0. The van der Waals surface area contributed by atoms with Crippen LogP contribution in [0.4, 0.5) is 0 Å². The summed E-state index contributed by atoms with van der Waals surface area (Å²) in [5, 5.41) is 6.08. The SMILES string of the molecule is CCCC(COC)NC(c1cccs1)C1CCCC1. The van der Waals surface area contributed by atoms with Gasteiger partial charge < -0.3 is 10.1 Å². The first-order valence-electron chi connectivity index (χ1n) is 7.63. The Hall–Kier alpha value is -0.380. The van der Waals surface area contributed by atoms with Crippen molar-refractivity contribution in [3.63, 3.8) is 0 Å². The van der Waals surface area contributed by atoms with Gasteiger partial charge in [-0.1, -0.05) is 32.3 Å². The highest BCUT2D eigenvalue weighted by molar-refractivity contribution is 7.10. The second-order valence-corrected chi connectivity index (χ2v) is 6.62. The van der Waals surface area contributed by atoms with Crippen LogP contribution in [0.3, 0.4) is 0 Å². The van der Waals surface area contributed by atoms with E-state index in [2.05, 4.69) is 29.8 Å². The Bertz CT molecular complexity index is 327. The van der Waals surface area contributed by atoms with Crippen molar-refractivity contribution < 1.29 is 4.74 Å². The molecule has 1 fully saturated rings. The Balaban J connectivity index is 2.03. The molecule has 0 aliphatic heterocycles. The first kappa shape index (κ1) is 15.0. The van der Waals surface area contributed by atoms with Crippen LogP contribution in [0.1, 0.15) is 56.4 Å². The first-order valence-corrected chi connectivity index (χ1v) is 8.51. The Morgan fingerprint density at radius 3 is 2.79 bits per heavy atom. The number of methoxy groups -OCH3 is 1. The minimum Gasteiger partial charge on any atom is -0.383 e. The van der Waals surface area contributed by atoms with Crippen molar-refractivity contribution >= 4 is 11.3 Å². The summed E-state index contributed by atoms with van der Waals surface area (Å²) in [6.07, 6.45) is 7.96. The molecule has 1 heterocycles. The molecule has 2 atom stereocenters. The molecule has 2 nitrogen and oxygen atoms in total. The van der Waals surface area contributed by atoms with E-state index in [9.17, 15) is 0 Å². The molecule has 1 aliphatic rings. The quantitative estimate of drug-likeness (QED) is 0.763. The van der Waals surface area contributed by atoms with Crippen molar-refractivity contribution in [1.82, 2.24) is 5.32 Å². The van der Waals surface area contributed by atoms with Crippen LogP contribution in [0.15, 0.2) is 17.5 Å². The monoisotopic (exact) mass is 281 g/mol. The fraction of sp³-hybridized carbons (Fsp3) is 0.750. The second kappa shape index (κ2) is 8.03. The topological polar surface area (TPSA) is 21.3 Å². The highest BCUT2D eigenvalue weighted by atomic mass is 32.1. The maximum Gasteiger partial charge on any atom is 0.0616 e. The van der Waals surface area contributed by atoms with Crippen LogP contribution in [0, 0.1) is 5.92 Å². The van der Waals surface area contributed by atoms with Gasteiger partial charge in [-0.3, -0.25) is 0 Å². The molecule has 2 unspecified atom stereocenters. The van der Waals surface area contributed by atoms with Gasteiger partial charge in [0.05, 0.1) is 6.61 Å². The largest absolute Gasteiger partial charge is 0.383 e. The average Bonchev–Trinajstić information content (AvgIpc) is 3.09. The zero-order valence-electron chi connectivity index (χ0n) is 12.2. The maximum absolute atomic E-state index is 5.38. The zero-order valence-corrected chi connectivity index (χ0v) is 13.0. The van der Waals surface area contributed by atoms with Crippen molar-refractivity contribution in [1.29, 1.82) is 0 Å². The summed E-state index contributed by atoms with van der Waals surface area (Å²) >= 11 is 1.89. The van der Waals surface area contributed by atoms with E-state index >= 15 is 0 Å². The van der Waals surface area contributed by atoms with Gasteiger partial charge in [-0.2, -0.15) is 0 Å². The van der Waals surface area contributed by atoms with E-state index < -0.39 is 0 Å². The summed E-state index contributed by atoms with van der Waals surface area (Å²) in [7, 11) is 1.81. The molecule has 0 bridgehead atoms. The van der Waals surface area contributed by atoms with Gasteiger partial charge in [0.2, 0.25) is 0 Å². The van der Waals surface area contributed by atoms with E-state index in [1.807, 2.05) is 11.3 Å². The van der Waals surface area contributed by atoms with Crippen LogP contribution in [-0.4, -0.2) is 19.8 Å². The molecule has 0 aromatic carbocycles. The van der Waals surface area contributed by atoms with Crippen LogP contribution < -0.4 is 5.32 Å². The maximum atomic E-state index is 5.38. The highest BCUT2D eigenvalue weighted by Gasteiger charge is 2.28. The van der Waals surface area contributed by atoms with Crippen LogP contribution in [0.25, 0.3) is 0 Å². The van der Waals surface area contributed by atoms with Gasteiger partial charge >= 0.3 is 0 Å². The molecule has 19 heavy (non-hydrogen) atoms. The Morgan fingerprint density at radius 1 is 1.42 bits per heavy atom. The molecule has 1 saturated carbocycles. The molecular weight excluding hydrogens is 254 g/mol. The van der Waals surface area contributed by atoms with E-state index in [0.29, 0.717) is 12.1 Å². The predicted octanol–water partition coefficient (Wildman–Crippen LogP) is 4.38. The normalized spacial score (nSPS) is 19.7. The van der Waals surface area contributed by atoms with Crippen LogP contribution in [0.2, 0.25) is 0 Å². The van der Waals surface area contributed by atoms with Gasteiger partial charge in [0, 0.05) is 24.1 Å². The number of hydrogen-bond donors (Lipinski definition) is 1. The van der Waals surface area contributed by atoms with Crippen LogP contribution in [0.5, 0.6) is 0 Å². The molecule has 1 N–H and O–H groups in total. The van der Waals surface area contributed by atoms with E-state index in [1.54, 1.807) is 7.11 Å². The first-order chi connectivity index (χ1) is 9.35. The van der Waals surface area contributed by atoms with Crippen molar-refractivity contribution in [2.75, 3.05) is 13.7 Å². The summed E-state index contributed by atoms with van der Waals surface area (Å²) in [6.45, 7) is 3.07. The highest BCUT2D eigenvalue weighted by Crippen LogP contribution is 2.37. The molecule has 1 aliphatic carbocycles. The molecule has 3 heteroatoms. The van der Waals surface area contributed by atoms with Gasteiger partial charge in [-0.25, -0.2) is 0 Å². The molecular formula is C16H27NOS. The molecule has 1 aromatic rings. The Labute approximate surface area is 121 Å².